The molecule has 0 radical (unpaired) electrons. The van der Waals surface area contributed by atoms with Gasteiger partial charge in [-0.1, -0.05) is 41.0 Å². The van der Waals surface area contributed by atoms with Gasteiger partial charge >= 0.3 is 11.9 Å². The molecular formula is C38H61NO9. The van der Waals surface area contributed by atoms with Crippen molar-refractivity contribution in [2.75, 3.05) is 6.54 Å². The number of nitrogens with one attached hydrogen (secondary N) is 1. The van der Waals surface area contributed by atoms with Crippen LogP contribution in [0.3, 0.4) is 0 Å². The SMILES string of the molecule is CCCNC(=O)CCC(C)C1CC[C@H]2[C@@H]3[C@H](OC(C)=O)C[C@@H]4CC5(CC[C@]4(C)[C@H]3C[C@H](OC(C)=O)[C@]12C)OOC1(CCCCC1C)OO5. The summed E-state index contributed by atoms with van der Waals surface area (Å²) in [6.07, 6.45) is 11.1. The molecule has 10 nitrogen and oxygen atoms in total. The molecule has 2 spiro atoms. The number of carbonyl (C=O) groups is 3. The van der Waals surface area contributed by atoms with Gasteiger partial charge in [0.05, 0.1) is 0 Å². The van der Waals surface area contributed by atoms with Gasteiger partial charge in [0.15, 0.2) is 0 Å². The minimum Gasteiger partial charge on any atom is -0.462 e. The Hall–Kier alpha value is -1.75. The van der Waals surface area contributed by atoms with Crippen molar-refractivity contribution in [2.45, 2.75) is 162 Å². The van der Waals surface area contributed by atoms with Crippen molar-refractivity contribution < 1.29 is 43.4 Å². The van der Waals surface area contributed by atoms with Crippen LogP contribution in [-0.4, -0.2) is 48.2 Å². The molecule has 1 aliphatic heterocycles. The van der Waals surface area contributed by atoms with Crippen molar-refractivity contribution >= 4 is 17.8 Å². The van der Waals surface area contributed by atoms with Crippen LogP contribution in [-0.2, 0) is 43.4 Å². The lowest BCUT2D eigenvalue weighted by atomic mass is 9.42. The Labute approximate surface area is 287 Å². The van der Waals surface area contributed by atoms with Crippen molar-refractivity contribution in [3.8, 4) is 0 Å². The summed E-state index contributed by atoms with van der Waals surface area (Å²) in [6.45, 7) is 14.9. The number of fused-ring (bicyclic) bond motifs is 5. The van der Waals surface area contributed by atoms with Crippen LogP contribution in [0.1, 0.15) is 138 Å². The third kappa shape index (κ3) is 6.34. The number of carbonyl (C=O) groups excluding carboxylic acids is 3. The third-order valence-corrected chi connectivity index (χ3v) is 14.3. The molecule has 11 atom stereocenters. The van der Waals surface area contributed by atoms with Gasteiger partial charge in [-0.2, -0.15) is 19.6 Å². The Bertz CT molecular complexity index is 1200. The van der Waals surface area contributed by atoms with Gasteiger partial charge in [0.2, 0.25) is 17.5 Å². The number of hydrogen-bond acceptors (Lipinski definition) is 9. The topological polar surface area (TPSA) is 119 Å². The largest absolute Gasteiger partial charge is 0.462 e. The van der Waals surface area contributed by atoms with Gasteiger partial charge in [0.1, 0.15) is 12.2 Å². The summed E-state index contributed by atoms with van der Waals surface area (Å²) in [5.41, 5.74) is -0.390. The van der Waals surface area contributed by atoms with E-state index in [1.54, 1.807) is 0 Å². The Balaban J connectivity index is 1.25. The molecule has 0 aromatic carbocycles. The number of hydrogen-bond donors (Lipinski definition) is 1. The second-order valence-electron chi connectivity index (χ2n) is 17.0. The van der Waals surface area contributed by atoms with E-state index in [0.717, 1.165) is 70.6 Å². The van der Waals surface area contributed by atoms with E-state index >= 15 is 0 Å². The minimum atomic E-state index is -1.00. The van der Waals surface area contributed by atoms with Crippen LogP contribution < -0.4 is 5.32 Å². The molecule has 5 saturated carbocycles. The normalized spacial score (nSPS) is 45.8. The molecule has 0 aromatic rings. The van der Waals surface area contributed by atoms with Gasteiger partial charge < -0.3 is 14.8 Å². The highest BCUT2D eigenvalue weighted by Gasteiger charge is 2.69. The Morgan fingerprint density at radius 3 is 2.29 bits per heavy atom. The summed E-state index contributed by atoms with van der Waals surface area (Å²) >= 11 is 0. The van der Waals surface area contributed by atoms with Crippen molar-refractivity contribution in [1.82, 2.24) is 5.32 Å². The second-order valence-corrected chi connectivity index (χ2v) is 17.0. The Kier molecular flexibility index (Phi) is 10.3. The zero-order valence-corrected chi connectivity index (χ0v) is 30.5. The van der Waals surface area contributed by atoms with Gasteiger partial charge in [-0.15, -0.1) is 0 Å². The first-order chi connectivity index (χ1) is 22.8. The first kappa shape index (κ1) is 36.1. The van der Waals surface area contributed by atoms with Crippen LogP contribution in [0.4, 0.5) is 0 Å². The van der Waals surface area contributed by atoms with E-state index in [9.17, 15) is 14.4 Å². The van der Waals surface area contributed by atoms with E-state index < -0.39 is 11.6 Å². The predicted molar refractivity (Wildman–Crippen MR) is 176 cm³/mol. The van der Waals surface area contributed by atoms with Gasteiger partial charge in [0.25, 0.3) is 0 Å². The fourth-order valence-electron chi connectivity index (χ4n) is 11.7. The second kappa shape index (κ2) is 13.8. The van der Waals surface area contributed by atoms with E-state index in [-0.39, 0.29) is 82.3 Å². The lowest BCUT2D eigenvalue weighted by Gasteiger charge is -2.65. The highest BCUT2D eigenvalue weighted by molar-refractivity contribution is 5.75. The zero-order chi connectivity index (χ0) is 34.5. The molecule has 48 heavy (non-hydrogen) atoms. The number of ether oxygens (including phenoxy) is 2. The molecule has 1 N–H and O–H groups in total. The minimum absolute atomic E-state index is 0.102. The first-order valence-electron chi connectivity index (χ1n) is 19.1. The average Bonchev–Trinajstić information content (AvgIpc) is 3.40. The van der Waals surface area contributed by atoms with Crippen molar-refractivity contribution in [3.05, 3.63) is 0 Å². The molecule has 0 bridgehead atoms. The maximum atomic E-state index is 12.7. The number of rotatable bonds is 8. The smallest absolute Gasteiger partial charge is 0.302 e. The quantitative estimate of drug-likeness (QED) is 0.211. The molecule has 3 unspecified atom stereocenters. The molecular weight excluding hydrogens is 614 g/mol. The van der Waals surface area contributed by atoms with Gasteiger partial charge in [0, 0.05) is 63.3 Å². The summed E-state index contributed by atoms with van der Waals surface area (Å²) in [7, 11) is 0. The molecule has 6 fully saturated rings. The zero-order valence-electron chi connectivity index (χ0n) is 30.5. The molecule has 6 rings (SSSR count). The predicted octanol–water partition coefficient (Wildman–Crippen LogP) is 7.18. The van der Waals surface area contributed by atoms with Gasteiger partial charge in [-0.05, 0) is 92.8 Å². The van der Waals surface area contributed by atoms with E-state index in [2.05, 4.69) is 39.9 Å². The van der Waals surface area contributed by atoms with Crippen molar-refractivity contribution in [3.63, 3.8) is 0 Å². The highest BCUT2D eigenvalue weighted by Crippen LogP contribution is 2.70. The summed E-state index contributed by atoms with van der Waals surface area (Å²) in [5.74, 6) is -0.842. The standard InChI is InChI=1S/C38H61NO9/c1-8-19-39-33(42)15-12-23(2)28-13-14-29-34-30(21-32(36(28,29)7)44-26(5)41)35(6)17-18-37(22-27(35)20-31(34)43-25(4)40)45-47-38(48-46-37)16-10-9-11-24(38)3/h23-24,27-32,34H,8-22H2,1-7H3,(H,39,42)/t23?,24?,27-,28?,29+,30+,31-,32+,34+,35+,36-,37?,38?/m1/s1. The lowest BCUT2D eigenvalue weighted by Crippen LogP contribution is -2.65. The molecule has 5 aliphatic carbocycles. The van der Waals surface area contributed by atoms with Crippen LogP contribution >= 0.6 is 0 Å². The van der Waals surface area contributed by atoms with Crippen molar-refractivity contribution in [2.24, 2.45) is 52.3 Å². The number of esters is 2. The van der Waals surface area contributed by atoms with Gasteiger partial charge in [-0.3, -0.25) is 14.4 Å². The van der Waals surface area contributed by atoms with Crippen LogP contribution in [0.2, 0.25) is 0 Å². The summed E-state index contributed by atoms with van der Waals surface area (Å²) in [4.78, 5) is 62.6. The van der Waals surface area contributed by atoms with Crippen LogP contribution in [0.25, 0.3) is 0 Å². The van der Waals surface area contributed by atoms with Crippen LogP contribution in [0.5, 0.6) is 0 Å². The third-order valence-electron chi connectivity index (χ3n) is 14.3. The Morgan fingerprint density at radius 2 is 1.62 bits per heavy atom. The van der Waals surface area contributed by atoms with E-state index in [1.807, 2.05) is 0 Å². The van der Waals surface area contributed by atoms with E-state index in [0.29, 0.717) is 25.8 Å². The number of amides is 1. The fourth-order valence-corrected chi connectivity index (χ4v) is 11.7. The van der Waals surface area contributed by atoms with E-state index in [1.165, 1.54) is 13.8 Å². The molecule has 6 aliphatic rings. The lowest BCUT2D eigenvalue weighted by molar-refractivity contribution is -0.671. The highest BCUT2D eigenvalue weighted by atomic mass is 17.4. The maximum Gasteiger partial charge on any atom is 0.302 e. The van der Waals surface area contributed by atoms with E-state index in [4.69, 9.17) is 29.0 Å². The van der Waals surface area contributed by atoms with Crippen molar-refractivity contribution in [1.29, 1.82) is 0 Å². The molecule has 0 aromatic heterocycles. The monoisotopic (exact) mass is 675 g/mol. The molecule has 1 heterocycles. The fraction of sp³-hybridized carbons (Fsp3) is 0.921. The van der Waals surface area contributed by atoms with Crippen LogP contribution in [0, 0.1) is 52.3 Å². The van der Waals surface area contributed by atoms with Gasteiger partial charge in [-0.25, -0.2) is 0 Å². The maximum absolute atomic E-state index is 12.7. The molecule has 10 heteroatoms. The summed E-state index contributed by atoms with van der Waals surface area (Å²) in [6, 6.07) is 0. The van der Waals surface area contributed by atoms with Crippen LogP contribution in [0.15, 0.2) is 0 Å². The molecule has 1 amide bonds. The first-order valence-corrected chi connectivity index (χ1v) is 19.1. The average molecular weight is 676 g/mol. The Morgan fingerprint density at radius 1 is 0.896 bits per heavy atom. The molecule has 272 valence electrons. The summed E-state index contributed by atoms with van der Waals surface area (Å²) < 4.78 is 12.6. The molecule has 1 saturated heterocycles. The summed E-state index contributed by atoms with van der Waals surface area (Å²) in [5, 5.41) is 3.02.